The summed E-state index contributed by atoms with van der Waals surface area (Å²) in [7, 11) is 0. The average molecular weight is 187 g/mol. The Bertz CT molecular complexity index is 470. The molecular formula is C9H7ClO2. The van der Waals surface area contributed by atoms with Crippen LogP contribution >= 0.6 is 11.6 Å². The van der Waals surface area contributed by atoms with Crippen LogP contribution in [0.2, 0.25) is 5.02 Å². The number of rotatable bonds is 2. The fraction of sp³-hybridized carbons (Fsp3) is 0.111. The fourth-order valence-electron chi connectivity index (χ4n) is 0.610. The third kappa shape index (κ3) is 1.92. The fourth-order valence-corrected chi connectivity index (χ4v) is 0.752. The van der Waals surface area contributed by atoms with Gasteiger partial charge < -0.3 is 0 Å². The Morgan fingerprint density at radius 2 is 2.17 bits per heavy atom. The van der Waals surface area contributed by atoms with Gasteiger partial charge in [0, 0.05) is 17.5 Å². The Morgan fingerprint density at radius 1 is 1.50 bits per heavy atom. The van der Waals surface area contributed by atoms with Crippen LogP contribution < -0.4 is 0 Å². The summed E-state index contributed by atoms with van der Waals surface area (Å²) in [6.45, 7) is 1.01. The SMILES string of the molecule is [2H]c1c([2H])c(Cl)c([2H])c(C(=O)C(C)=O)c1[2H]. The van der Waals surface area contributed by atoms with Gasteiger partial charge in [-0.2, -0.15) is 0 Å². The van der Waals surface area contributed by atoms with Crippen LogP contribution in [0.15, 0.2) is 24.2 Å². The minimum atomic E-state index is -1.04. The molecule has 1 aromatic rings. The molecule has 0 amide bonds. The van der Waals surface area contributed by atoms with Crippen molar-refractivity contribution in [3.63, 3.8) is 0 Å². The van der Waals surface area contributed by atoms with Crippen molar-refractivity contribution in [2.75, 3.05) is 0 Å². The zero-order valence-electron chi connectivity index (χ0n) is 10.2. The zero-order valence-corrected chi connectivity index (χ0v) is 6.95. The number of hydrogen-bond donors (Lipinski definition) is 0. The van der Waals surface area contributed by atoms with E-state index in [4.69, 9.17) is 17.1 Å². The van der Waals surface area contributed by atoms with Crippen molar-refractivity contribution < 1.29 is 15.1 Å². The van der Waals surface area contributed by atoms with Crippen molar-refractivity contribution in [2.45, 2.75) is 6.92 Å². The van der Waals surface area contributed by atoms with Gasteiger partial charge >= 0.3 is 0 Å². The molecular weight excluding hydrogens is 176 g/mol. The molecule has 62 valence electrons. The number of Topliss-reactive ketones (excluding diaryl/α,β-unsaturated/α-hetero) is 2. The third-order valence-electron chi connectivity index (χ3n) is 1.14. The van der Waals surface area contributed by atoms with E-state index in [-0.39, 0.29) is 0 Å². The predicted molar refractivity (Wildman–Crippen MR) is 46.5 cm³/mol. The molecule has 0 N–H and O–H groups in total. The third-order valence-corrected chi connectivity index (χ3v) is 1.33. The van der Waals surface area contributed by atoms with E-state index in [1.165, 1.54) is 0 Å². The summed E-state index contributed by atoms with van der Waals surface area (Å²) in [5.74, 6) is -1.87. The van der Waals surface area contributed by atoms with E-state index in [1.54, 1.807) is 0 Å². The molecule has 1 aromatic carbocycles. The molecule has 2 nitrogen and oxygen atoms in total. The number of carbonyl (C=O) groups is 2. The van der Waals surface area contributed by atoms with Crippen molar-refractivity contribution in [1.82, 2.24) is 0 Å². The van der Waals surface area contributed by atoms with Crippen molar-refractivity contribution in [2.24, 2.45) is 0 Å². The lowest BCUT2D eigenvalue weighted by Crippen LogP contribution is -2.09. The summed E-state index contributed by atoms with van der Waals surface area (Å²) >= 11 is 5.57. The molecule has 0 atom stereocenters. The Balaban J connectivity index is 3.64. The van der Waals surface area contributed by atoms with Crippen LogP contribution in [0.5, 0.6) is 0 Å². The molecule has 0 fully saturated rings. The molecule has 0 bridgehead atoms. The number of hydrogen-bond acceptors (Lipinski definition) is 2. The van der Waals surface area contributed by atoms with Gasteiger partial charge in [0.2, 0.25) is 5.78 Å². The summed E-state index contributed by atoms with van der Waals surface area (Å²) in [6, 6.07) is -2.21. The van der Waals surface area contributed by atoms with E-state index in [2.05, 4.69) is 0 Å². The van der Waals surface area contributed by atoms with Crippen LogP contribution in [0.4, 0.5) is 0 Å². The highest BCUT2D eigenvalue weighted by Gasteiger charge is 2.10. The van der Waals surface area contributed by atoms with Crippen molar-refractivity contribution >= 4 is 23.2 Å². The molecule has 0 radical (unpaired) electrons. The molecule has 3 heteroatoms. The van der Waals surface area contributed by atoms with Crippen LogP contribution in [-0.2, 0) is 4.79 Å². The Kier molecular flexibility index (Phi) is 1.39. The van der Waals surface area contributed by atoms with Gasteiger partial charge in [-0.15, -0.1) is 0 Å². The van der Waals surface area contributed by atoms with E-state index >= 15 is 0 Å². The first-order valence-corrected chi connectivity index (χ1v) is 3.48. The summed E-state index contributed by atoms with van der Waals surface area (Å²) in [5, 5.41) is -0.398. The molecule has 0 aliphatic carbocycles. The first-order valence-electron chi connectivity index (χ1n) is 5.10. The Morgan fingerprint density at radius 3 is 2.75 bits per heavy atom. The average Bonchev–Trinajstić information content (AvgIpc) is 2.23. The van der Waals surface area contributed by atoms with Gasteiger partial charge in [0.25, 0.3) is 0 Å². The van der Waals surface area contributed by atoms with Gasteiger partial charge in [0.05, 0.1) is 5.48 Å². The molecule has 0 saturated carbocycles. The Labute approximate surface area is 80.8 Å². The maximum Gasteiger partial charge on any atom is 0.228 e. The van der Waals surface area contributed by atoms with E-state index in [9.17, 15) is 9.59 Å². The number of carbonyl (C=O) groups excluding carboxylic acids is 2. The second-order valence-corrected chi connectivity index (χ2v) is 2.45. The summed E-state index contributed by atoms with van der Waals surface area (Å²) in [6.07, 6.45) is 0. The Hall–Kier alpha value is -1.15. The maximum atomic E-state index is 11.4. The lowest BCUT2D eigenvalue weighted by atomic mass is 10.1. The summed E-state index contributed by atoms with van der Waals surface area (Å²) in [5.41, 5.74) is -0.515. The van der Waals surface area contributed by atoms with Crippen LogP contribution in [-0.4, -0.2) is 11.6 Å². The zero-order chi connectivity index (χ0) is 12.6. The van der Waals surface area contributed by atoms with E-state index in [0.29, 0.717) is 0 Å². The molecule has 0 aliphatic rings. The molecule has 0 heterocycles. The van der Waals surface area contributed by atoms with Crippen LogP contribution in [0, 0.1) is 0 Å². The highest BCUT2D eigenvalue weighted by Crippen LogP contribution is 2.11. The normalized spacial score (nSPS) is 14.2. The van der Waals surface area contributed by atoms with E-state index in [0.717, 1.165) is 6.92 Å². The van der Waals surface area contributed by atoms with Crippen LogP contribution in [0.25, 0.3) is 0 Å². The highest BCUT2D eigenvalue weighted by atomic mass is 35.5. The summed E-state index contributed by atoms with van der Waals surface area (Å²) < 4.78 is 29.6. The minimum Gasteiger partial charge on any atom is -0.291 e. The standard InChI is InChI=1S/C9H7ClO2/c1-6(11)9(12)7-3-2-4-8(10)5-7/h2-5H,1H3/i2D,3D,4D,5D. The first kappa shape index (κ1) is 4.77. The van der Waals surface area contributed by atoms with Gasteiger partial charge in [0.1, 0.15) is 0 Å². The van der Waals surface area contributed by atoms with E-state index < -0.39 is 46.3 Å². The smallest absolute Gasteiger partial charge is 0.228 e. The monoisotopic (exact) mass is 186 g/mol. The molecule has 12 heavy (non-hydrogen) atoms. The maximum absolute atomic E-state index is 11.4. The number of benzene rings is 1. The van der Waals surface area contributed by atoms with Gasteiger partial charge in [-0.1, -0.05) is 23.7 Å². The number of ketones is 2. The molecule has 0 unspecified atom stereocenters. The van der Waals surface area contributed by atoms with Gasteiger partial charge in [-0.3, -0.25) is 9.59 Å². The molecule has 0 spiro atoms. The van der Waals surface area contributed by atoms with Crippen molar-refractivity contribution in [1.29, 1.82) is 0 Å². The summed E-state index contributed by atoms with van der Waals surface area (Å²) in [4.78, 5) is 22.3. The lowest BCUT2D eigenvalue weighted by molar-refractivity contribution is -0.113. The lowest BCUT2D eigenvalue weighted by Gasteiger charge is -1.95. The van der Waals surface area contributed by atoms with Gasteiger partial charge in [-0.05, 0) is 12.1 Å². The predicted octanol–water partition coefficient (Wildman–Crippen LogP) is 2.11. The van der Waals surface area contributed by atoms with Crippen molar-refractivity contribution in [3.05, 3.63) is 34.8 Å². The molecule has 0 aromatic heterocycles. The van der Waals surface area contributed by atoms with E-state index in [1.807, 2.05) is 0 Å². The van der Waals surface area contributed by atoms with Gasteiger partial charge in [-0.25, -0.2) is 0 Å². The van der Waals surface area contributed by atoms with Crippen molar-refractivity contribution in [3.8, 4) is 0 Å². The van der Waals surface area contributed by atoms with Crippen LogP contribution in [0.3, 0.4) is 0 Å². The first-order chi connectivity index (χ1) is 7.29. The quantitative estimate of drug-likeness (QED) is 0.524. The molecule has 1 rings (SSSR count). The minimum absolute atomic E-state index is 0.398. The van der Waals surface area contributed by atoms with Gasteiger partial charge in [0.15, 0.2) is 5.78 Å². The number of halogens is 1. The molecule has 0 saturated heterocycles. The second kappa shape index (κ2) is 3.50. The topological polar surface area (TPSA) is 34.1 Å². The molecule has 0 aliphatic heterocycles. The van der Waals surface area contributed by atoms with Crippen LogP contribution in [0.1, 0.15) is 22.8 Å². The largest absolute Gasteiger partial charge is 0.291 e. The second-order valence-electron chi connectivity index (χ2n) is 2.07. The highest BCUT2D eigenvalue weighted by molar-refractivity contribution is 6.43.